The van der Waals surface area contributed by atoms with Gasteiger partial charge in [-0.3, -0.25) is 15.2 Å². The molecule has 0 aliphatic rings. The molecule has 2 N–H and O–H groups in total. The van der Waals surface area contributed by atoms with Crippen molar-refractivity contribution in [1.29, 1.82) is 0 Å². The van der Waals surface area contributed by atoms with Crippen LogP contribution >= 0.6 is 0 Å². The molecule has 0 fully saturated rings. The van der Waals surface area contributed by atoms with Gasteiger partial charge in [-0.25, -0.2) is 4.98 Å². The minimum atomic E-state index is -0.489. The molecular weight excluding hydrogens is 278 g/mol. The zero-order valence-electron chi connectivity index (χ0n) is 11.8. The van der Waals surface area contributed by atoms with Gasteiger partial charge in [0.05, 0.1) is 31.3 Å². The predicted octanol–water partition coefficient (Wildman–Crippen LogP) is 1.90. The van der Waals surface area contributed by atoms with E-state index in [1.807, 2.05) is 0 Å². The number of hydrogen-bond acceptors (Lipinski definition) is 7. The number of anilines is 1. The maximum absolute atomic E-state index is 11.2. The molecule has 2 aromatic rings. The Kier molecular flexibility index (Phi) is 4.21. The zero-order valence-corrected chi connectivity index (χ0v) is 11.8. The lowest BCUT2D eigenvalue weighted by Gasteiger charge is -2.15. The van der Waals surface area contributed by atoms with E-state index in [9.17, 15) is 10.1 Å². The summed E-state index contributed by atoms with van der Waals surface area (Å²) in [5.41, 5.74) is 0.195. The molecule has 0 aliphatic carbocycles. The van der Waals surface area contributed by atoms with Crippen molar-refractivity contribution in [2.75, 3.05) is 19.5 Å². The first kappa shape index (κ1) is 14.6. The number of benzene rings is 1. The van der Waals surface area contributed by atoms with Crippen LogP contribution in [-0.4, -0.2) is 34.3 Å². The molecule has 21 heavy (non-hydrogen) atoms. The molecule has 1 heterocycles. The summed E-state index contributed by atoms with van der Waals surface area (Å²) in [6.07, 6.45) is 1.37. The van der Waals surface area contributed by atoms with E-state index >= 15 is 0 Å². The standard InChI is InChI=1S/C12H15N5O4/c1-7(12-13-6-14-16-12)15-8-4-10(20-2)11(21-3)5-9(8)17(18)19/h4-7,15H,1-3H3,(H,13,14,16). The Morgan fingerprint density at radius 2 is 2.00 bits per heavy atom. The topological polar surface area (TPSA) is 115 Å². The highest BCUT2D eigenvalue weighted by Gasteiger charge is 2.21. The fraction of sp³-hybridized carbons (Fsp3) is 0.333. The maximum Gasteiger partial charge on any atom is 0.296 e. The first-order valence-electron chi connectivity index (χ1n) is 6.09. The quantitative estimate of drug-likeness (QED) is 0.617. The van der Waals surface area contributed by atoms with E-state index < -0.39 is 4.92 Å². The molecule has 1 unspecified atom stereocenters. The van der Waals surface area contributed by atoms with Gasteiger partial charge >= 0.3 is 0 Å². The molecule has 0 bridgehead atoms. The van der Waals surface area contributed by atoms with Crippen molar-refractivity contribution in [1.82, 2.24) is 15.2 Å². The lowest BCUT2D eigenvalue weighted by atomic mass is 10.2. The van der Waals surface area contributed by atoms with Gasteiger partial charge in [0.25, 0.3) is 5.69 Å². The number of hydrogen-bond donors (Lipinski definition) is 2. The van der Waals surface area contributed by atoms with E-state index in [2.05, 4.69) is 20.5 Å². The van der Waals surface area contributed by atoms with Gasteiger partial charge in [-0.05, 0) is 6.92 Å². The van der Waals surface area contributed by atoms with Crippen molar-refractivity contribution in [2.45, 2.75) is 13.0 Å². The molecule has 9 heteroatoms. The Morgan fingerprint density at radius 1 is 1.33 bits per heavy atom. The summed E-state index contributed by atoms with van der Waals surface area (Å²) in [6, 6.07) is 2.54. The van der Waals surface area contributed by atoms with Crippen LogP contribution < -0.4 is 14.8 Å². The van der Waals surface area contributed by atoms with Crippen LogP contribution in [0, 0.1) is 10.1 Å². The monoisotopic (exact) mass is 293 g/mol. The summed E-state index contributed by atoms with van der Waals surface area (Å²) in [6.45, 7) is 1.81. The van der Waals surface area contributed by atoms with Crippen LogP contribution in [0.5, 0.6) is 11.5 Å². The first-order valence-corrected chi connectivity index (χ1v) is 6.09. The lowest BCUT2D eigenvalue weighted by molar-refractivity contribution is -0.384. The number of ether oxygens (including phenoxy) is 2. The van der Waals surface area contributed by atoms with Crippen LogP contribution in [0.1, 0.15) is 18.8 Å². The van der Waals surface area contributed by atoms with Gasteiger partial charge in [-0.15, -0.1) is 0 Å². The van der Waals surface area contributed by atoms with Crippen molar-refractivity contribution in [3.63, 3.8) is 0 Å². The van der Waals surface area contributed by atoms with E-state index in [1.54, 1.807) is 6.92 Å². The van der Waals surface area contributed by atoms with E-state index in [1.165, 1.54) is 32.7 Å². The second-order valence-electron chi connectivity index (χ2n) is 4.22. The number of nitro groups is 1. The largest absolute Gasteiger partial charge is 0.493 e. The minimum absolute atomic E-state index is 0.112. The minimum Gasteiger partial charge on any atom is -0.493 e. The summed E-state index contributed by atoms with van der Waals surface area (Å²) in [7, 11) is 2.89. The fourth-order valence-electron chi connectivity index (χ4n) is 1.86. The van der Waals surface area contributed by atoms with Gasteiger partial charge in [-0.2, -0.15) is 5.10 Å². The number of rotatable bonds is 6. The lowest BCUT2D eigenvalue weighted by Crippen LogP contribution is -2.10. The molecule has 1 aromatic heterocycles. The van der Waals surface area contributed by atoms with Crippen LogP contribution in [0.25, 0.3) is 0 Å². The number of nitrogens with one attached hydrogen (secondary N) is 2. The normalized spacial score (nSPS) is 11.8. The molecule has 0 aliphatic heterocycles. The SMILES string of the molecule is COc1cc(NC(C)c2ncn[nH]2)c([N+](=O)[O-])cc1OC. The van der Waals surface area contributed by atoms with Gasteiger partial charge in [0.2, 0.25) is 0 Å². The molecule has 2 rings (SSSR count). The molecule has 9 nitrogen and oxygen atoms in total. The number of aromatic amines is 1. The van der Waals surface area contributed by atoms with Crippen LogP contribution in [0.3, 0.4) is 0 Å². The van der Waals surface area contributed by atoms with E-state index in [-0.39, 0.29) is 11.7 Å². The van der Waals surface area contributed by atoms with Crippen LogP contribution in [0.4, 0.5) is 11.4 Å². The Balaban J connectivity index is 2.39. The Hall–Kier alpha value is -2.84. The molecule has 0 radical (unpaired) electrons. The summed E-state index contributed by atoms with van der Waals surface area (Å²) in [4.78, 5) is 14.7. The molecule has 1 atom stereocenters. The van der Waals surface area contributed by atoms with Crippen molar-refractivity contribution in [3.05, 3.63) is 34.4 Å². The highest BCUT2D eigenvalue weighted by Crippen LogP contribution is 2.38. The van der Waals surface area contributed by atoms with Gasteiger partial charge in [0, 0.05) is 6.07 Å². The van der Waals surface area contributed by atoms with Gasteiger partial charge in [0.1, 0.15) is 17.8 Å². The number of H-pyrrole nitrogens is 1. The third-order valence-corrected chi connectivity index (χ3v) is 2.91. The van der Waals surface area contributed by atoms with Crippen LogP contribution in [0.15, 0.2) is 18.5 Å². The number of nitro benzene ring substituents is 1. The molecule has 112 valence electrons. The van der Waals surface area contributed by atoms with Gasteiger partial charge < -0.3 is 14.8 Å². The maximum atomic E-state index is 11.2. The Bertz CT molecular complexity index is 629. The number of aromatic nitrogens is 3. The average molecular weight is 293 g/mol. The second kappa shape index (κ2) is 6.07. The van der Waals surface area contributed by atoms with Crippen molar-refractivity contribution in [3.8, 4) is 11.5 Å². The molecule has 1 aromatic carbocycles. The Morgan fingerprint density at radius 3 is 2.52 bits per heavy atom. The van der Waals surface area contributed by atoms with Crippen molar-refractivity contribution in [2.24, 2.45) is 0 Å². The Labute approximate surface area is 120 Å². The van der Waals surface area contributed by atoms with E-state index in [4.69, 9.17) is 9.47 Å². The molecular formula is C12H15N5O4. The van der Waals surface area contributed by atoms with Gasteiger partial charge in [-0.1, -0.05) is 0 Å². The van der Waals surface area contributed by atoms with E-state index in [0.29, 0.717) is 23.0 Å². The third kappa shape index (κ3) is 3.02. The summed E-state index contributed by atoms with van der Waals surface area (Å²) in [5.74, 6) is 1.26. The second-order valence-corrected chi connectivity index (χ2v) is 4.22. The summed E-state index contributed by atoms with van der Waals surface area (Å²) in [5, 5.41) is 20.7. The van der Waals surface area contributed by atoms with Crippen molar-refractivity contribution < 1.29 is 14.4 Å². The fourth-order valence-corrected chi connectivity index (χ4v) is 1.86. The zero-order chi connectivity index (χ0) is 15.4. The molecule has 0 spiro atoms. The highest BCUT2D eigenvalue weighted by atomic mass is 16.6. The smallest absolute Gasteiger partial charge is 0.296 e. The molecule has 0 amide bonds. The van der Waals surface area contributed by atoms with Gasteiger partial charge in [0.15, 0.2) is 11.5 Å². The van der Waals surface area contributed by atoms with E-state index in [0.717, 1.165) is 0 Å². The third-order valence-electron chi connectivity index (χ3n) is 2.91. The predicted molar refractivity (Wildman–Crippen MR) is 74.6 cm³/mol. The highest BCUT2D eigenvalue weighted by molar-refractivity contribution is 5.68. The number of nitrogens with zero attached hydrogens (tertiary/aromatic N) is 3. The van der Waals surface area contributed by atoms with Crippen LogP contribution in [-0.2, 0) is 0 Å². The number of methoxy groups -OCH3 is 2. The first-order chi connectivity index (χ1) is 10.1. The van der Waals surface area contributed by atoms with Crippen LogP contribution in [0.2, 0.25) is 0 Å². The molecule has 0 saturated heterocycles. The van der Waals surface area contributed by atoms with Crippen molar-refractivity contribution >= 4 is 11.4 Å². The summed E-state index contributed by atoms with van der Waals surface area (Å²) < 4.78 is 10.2. The average Bonchev–Trinajstić information content (AvgIpc) is 3.00. The molecule has 0 saturated carbocycles. The summed E-state index contributed by atoms with van der Waals surface area (Å²) >= 11 is 0.